The molecule has 2 heterocycles. The average Bonchev–Trinajstić information content (AvgIpc) is 3.19. The molecule has 0 radical (unpaired) electrons. The monoisotopic (exact) mass is 387 g/mol. The van der Waals surface area contributed by atoms with E-state index < -0.39 is 10.0 Å². The summed E-state index contributed by atoms with van der Waals surface area (Å²) in [4.78, 5) is 13.9. The van der Waals surface area contributed by atoms with Gasteiger partial charge in [0, 0.05) is 32.3 Å². The van der Waals surface area contributed by atoms with Crippen molar-refractivity contribution in [2.24, 2.45) is 0 Å². The third-order valence-corrected chi connectivity index (χ3v) is 6.80. The highest BCUT2D eigenvalue weighted by atomic mass is 32.2. The van der Waals surface area contributed by atoms with E-state index >= 15 is 0 Å². The molecule has 0 aliphatic carbocycles. The van der Waals surface area contributed by atoms with Crippen LogP contribution in [-0.4, -0.2) is 49.7 Å². The number of piperazine rings is 1. The standard InChI is InChI=1S/C18H17N3O3S2/c19-13-16-3-1-2-4-17(16)26(23,24)21-10-8-20(9-11-21)18(22)6-5-15-7-12-25-14-15/h1-7,12,14H,8-11H2/b6-5-. The Bertz CT molecular complexity index is 952. The van der Waals surface area contributed by atoms with Gasteiger partial charge in [-0.15, -0.1) is 0 Å². The molecular weight excluding hydrogens is 370 g/mol. The van der Waals surface area contributed by atoms with Gasteiger partial charge in [-0.05, 0) is 40.6 Å². The number of hydrogen-bond acceptors (Lipinski definition) is 5. The molecule has 0 spiro atoms. The summed E-state index contributed by atoms with van der Waals surface area (Å²) in [5.74, 6) is -0.134. The van der Waals surface area contributed by atoms with Crippen LogP contribution in [0.1, 0.15) is 11.1 Å². The molecule has 6 nitrogen and oxygen atoms in total. The van der Waals surface area contributed by atoms with E-state index in [1.54, 1.807) is 34.4 Å². The van der Waals surface area contributed by atoms with E-state index in [1.807, 2.05) is 22.9 Å². The smallest absolute Gasteiger partial charge is 0.246 e. The van der Waals surface area contributed by atoms with E-state index in [9.17, 15) is 13.2 Å². The minimum atomic E-state index is -3.75. The van der Waals surface area contributed by atoms with Gasteiger partial charge in [0.1, 0.15) is 6.07 Å². The summed E-state index contributed by atoms with van der Waals surface area (Å²) >= 11 is 1.56. The number of rotatable bonds is 4. The fourth-order valence-electron chi connectivity index (χ4n) is 2.71. The minimum Gasteiger partial charge on any atom is -0.337 e. The summed E-state index contributed by atoms with van der Waals surface area (Å²) in [5, 5.41) is 13.0. The third kappa shape index (κ3) is 3.85. The van der Waals surface area contributed by atoms with Gasteiger partial charge in [0.05, 0.1) is 10.5 Å². The molecule has 0 atom stereocenters. The molecule has 26 heavy (non-hydrogen) atoms. The van der Waals surface area contributed by atoms with Gasteiger partial charge in [0.15, 0.2) is 0 Å². The number of carbonyl (C=O) groups excluding carboxylic acids is 1. The Morgan fingerprint density at radius 3 is 2.54 bits per heavy atom. The first-order valence-electron chi connectivity index (χ1n) is 8.01. The van der Waals surface area contributed by atoms with E-state index in [0.717, 1.165) is 5.56 Å². The molecule has 1 aliphatic rings. The Kier molecular flexibility index (Phi) is 5.52. The zero-order valence-electron chi connectivity index (χ0n) is 13.9. The number of benzene rings is 1. The van der Waals surface area contributed by atoms with Gasteiger partial charge in [-0.1, -0.05) is 12.1 Å². The van der Waals surface area contributed by atoms with Crippen molar-refractivity contribution in [3.63, 3.8) is 0 Å². The largest absolute Gasteiger partial charge is 0.337 e. The highest BCUT2D eigenvalue weighted by Crippen LogP contribution is 2.21. The number of thiophene rings is 1. The molecule has 1 fully saturated rings. The van der Waals surface area contributed by atoms with Crippen LogP contribution in [0.5, 0.6) is 0 Å². The molecule has 3 rings (SSSR count). The Balaban J connectivity index is 1.66. The summed E-state index contributed by atoms with van der Waals surface area (Å²) < 4.78 is 26.9. The van der Waals surface area contributed by atoms with Crippen LogP contribution >= 0.6 is 11.3 Å². The Morgan fingerprint density at radius 1 is 1.15 bits per heavy atom. The van der Waals surface area contributed by atoms with Crippen LogP contribution in [0.4, 0.5) is 0 Å². The predicted octanol–water partition coefficient (Wildman–Crippen LogP) is 2.17. The Labute approximate surface area is 156 Å². The Hall–Kier alpha value is -2.47. The van der Waals surface area contributed by atoms with Crippen molar-refractivity contribution in [1.82, 2.24) is 9.21 Å². The lowest BCUT2D eigenvalue weighted by molar-refractivity contribution is -0.127. The van der Waals surface area contributed by atoms with Crippen LogP contribution in [0.15, 0.2) is 52.1 Å². The number of hydrogen-bond donors (Lipinski definition) is 0. The molecule has 0 bridgehead atoms. The molecule has 0 unspecified atom stereocenters. The molecular formula is C18H17N3O3S2. The molecule has 1 saturated heterocycles. The molecule has 1 amide bonds. The fourth-order valence-corrected chi connectivity index (χ4v) is 4.91. The predicted molar refractivity (Wildman–Crippen MR) is 99.8 cm³/mol. The normalized spacial score (nSPS) is 15.9. The molecule has 0 saturated carbocycles. The van der Waals surface area contributed by atoms with E-state index in [1.165, 1.54) is 22.5 Å². The summed E-state index contributed by atoms with van der Waals surface area (Å²) in [5.41, 5.74) is 1.10. The molecule has 1 aromatic carbocycles. The molecule has 2 aromatic rings. The second kappa shape index (κ2) is 7.83. The lowest BCUT2D eigenvalue weighted by atomic mass is 10.2. The Morgan fingerprint density at radius 2 is 1.88 bits per heavy atom. The van der Waals surface area contributed by atoms with Crippen LogP contribution in [0.2, 0.25) is 0 Å². The summed E-state index contributed by atoms with van der Waals surface area (Å²) in [6, 6.07) is 10.0. The third-order valence-electron chi connectivity index (χ3n) is 4.14. The summed E-state index contributed by atoms with van der Waals surface area (Å²) in [7, 11) is -3.75. The molecule has 134 valence electrons. The van der Waals surface area contributed by atoms with Crippen molar-refractivity contribution in [3.05, 3.63) is 58.3 Å². The maximum Gasteiger partial charge on any atom is 0.246 e. The van der Waals surface area contributed by atoms with Gasteiger partial charge < -0.3 is 4.90 Å². The van der Waals surface area contributed by atoms with E-state index in [0.29, 0.717) is 13.1 Å². The topological polar surface area (TPSA) is 81.5 Å². The van der Waals surface area contributed by atoms with E-state index in [4.69, 9.17) is 5.26 Å². The highest BCUT2D eigenvalue weighted by molar-refractivity contribution is 7.89. The first kappa shape index (κ1) is 18.3. The molecule has 1 aromatic heterocycles. The van der Waals surface area contributed by atoms with Gasteiger partial charge in [0.2, 0.25) is 15.9 Å². The van der Waals surface area contributed by atoms with Crippen LogP contribution in [0.25, 0.3) is 6.08 Å². The number of nitriles is 1. The number of nitrogens with zero attached hydrogens (tertiary/aromatic N) is 3. The lowest BCUT2D eigenvalue weighted by Gasteiger charge is -2.33. The second-order valence-corrected chi connectivity index (χ2v) is 8.41. The van der Waals surface area contributed by atoms with Crippen molar-refractivity contribution in [3.8, 4) is 6.07 Å². The van der Waals surface area contributed by atoms with Gasteiger partial charge in [-0.2, -0.15) is 20.9 Å². The van der Waals surface area contributed by atoms with Crippen LogP contribution in [0.3, 0.4) is 0 Å². The average molecular weight is 387 g/mol. The van der Waals surface area contributed by atoms with Gasteiger partial charge in [0.25, 0.3) is 0 Å². The SMILES string of the molecule is N#Cc1ccccc1S(=O)(=O)N1CCN(C(=O)/C=C\c2ccsc2)CC1. The second-order valence-electron chi connectivity index (χ2n) is 5.73. The minimum absolute atomic E-state index is 0.0135. The summed E-state index contributed by atoms with van der Waals surface area (Å²) in [6.45, 7) is 1.06. The van der Waals surface area contributed by atoms with E-state index in [2.05, 4.69) is 0 Å². The number of carbonyl (C=O) groups is 1. The van der Waals surface area contributed by atoms with Crippen molar-refractivity contribution >= 4 is 33.3 Å². The van der Waals surface area contributed by atoms with Gasteiger partial charge in [-0.25, -0.2) is 8.42 Å². The van der Waals surface area contributed by atoms with Crippen LogP contribution in [0, 0.1) is 11.3 Å². The maximum atomic E-state index is 12.8. The van der Waals surface area contributed by atoms with Crippen LogP contribution in [-0.2, 0) is 14.8 Å². The zero-order valence-corrected chi connectivity index (χ0v) is 15.5. The maximum absolute atomic E-state index is 12.8. The van der Waals surface area contributed by atoms with E-state index in [-0.39, 0.29) is 29.5 Å². The van der Waals surface area contributed by atoms with Gasteiger partial charge >= 0.3 is 0 Å². The molecule has 0 N–H and O–H groups in total. The molecule has 8 heteroatoms. The van der Waals surface area contributed by atoms with Crippen molar-refractivity contribution < 1.29 is 13.2 Å². The quantitative estimate of drug-likeness (QED) is 0.753. The van der Waals surface area contributed by atoms with Gasteiger partial charge in [-0.3, -0.25) is 4.79 Å². The number of sulfonamides is 1. The molecule has 1 aliphatic heterocycles. The van der Waals surface area contributed by atoms with Crippen molar-refractivity contribution in [2.45, 2.75) is 4.90 Å². The fraction of sp³-hybridized carbons (Fsp3) is 0.222. The first-order chi connectivity index (χ1) is 12.5. The van der Waals surface area contributed by atoms with Crippen molar-refractivity contribution in [2.75, 3.05) is 26.2 Å². The highest BCUT2D eigenvalue weighted by Gasteiger charge is 2.31. The lowest BCUT2D eigenvalue weighted by Crippen LogP contribution is -2.50. The first-order valence-corrected chi connectivity index (χ1v) is 10.4. The number of amides is 1. The zero-order chi connectivity index (χ0) is 18.6. The summed E-state index contributed by atoms with van der Waals surface area (Å²) in [6.07, 6.45) is 3.27. The van der Waals surface area contributed by atoms with Crippen molar-refractivity contribution in [1.29, 1.82) is 5.26 Å². The van der Waals surface area contributed by atoms with Crippen LogP contribution < -0.4 is 0 Å².